The molecule has 180 valence electrons. The molecule has 33 heavy (non-hydrogen) atoms. The van der Waals surface area contributed by atoms with E-state index >= 15 is 0 Å². The second-order valence-electron chi connectivity index (χ2n) is 6.41. The lowest BCUT2D eigenvalue weighted by Gasteiger charge is -2.20. The standard InChI is InChI=1S/C16H5Cl2F11N4/c17-6-1-4(14(21,22)23)2-7(18)10(6)33-11(30)9-5(15(24,25)26)3-8(31-12(9)32-33)13(19,20)16(27,28)29/h1-3H,30H2. The molecule has 17 heteroatoms. The molecular formula is C16H5Cl2F11N4. The van der Waals surface area contributed by atoms with Crippen molar-refractivity contribution in [1.29, 1.82) is 0 Å². The van der Waals surface area contributed by atoms with Gasteiger partial charge in [-0.15, -0.1) is 5.10 Å². The number of nitrogen functional groups attached to an aromatic ring is 1. The van der Waals surface area contributed by atoms with Crippen molar-refractivity contribution in [2.75, 3.05) is 5.73 Å². The van der Waals surface area contributed by atoms with Crippen LogP contribution >= 0.6 is 23.2 Å². The maximum atomic E-state index is 13.7. The summed E-state index contributed by atoms with van der Waals surface area (Å²) in [6.07, 6.45) is -16.7. The van der Waals surface area contributed by atoms with E-state index in [0.717, 1.165) is 0 Å². The fourth-order valence-electron chi connectivity index (χ4n) is 2.74. The van der Waals surface area contributed by atoms with E-state index in [1.54, 1.807) is 0 Å². The molecule has 0 aliphatic heterocycles. The number of fused-ring (bicyclic) bond motifs is 1. The van der Waals surface area contributed by atoms with Crippen molar-refractivity contribution in [2.45, 2.75) is 24.5 Å². The summed E-state index contributed by atoms with van der Waals surface area (Å²) in [7, 11) is 0. The smallest absolute Gasteiger partial charge is 0.383 e. The van der Waals surface area contributed by atoms with Crippen LogP contribution in [-0.4, -0.2) is 20.9 Å². The Morgan fingerprint density at radius 3 is 1.73 bits per heavy atom. The minimum Gasteiger partial charge on any atom is -0.383 e. The van der Waals surface area contributed by atoms with E-state index in [1.807, 2.05) is 0 Å². The van der Waals surface area contributed by atoms with E-state index in [0.29, 0.717) is 12.1 Å². The topological polar surface area (TPSA) is 56.7 Å². The molecule has 0 unspecified atom stereocenters. The maximum absolute atomic E-state index is 13.7. The first-order valence-electron chi connectivity index (χ1n) is 8.05. The minimum atomic E-state index is -6.30. The molecule has 0 atom stereocenters. The van der Waals surface area contributed by atoms with Crippen molar-refractivity contribution in [3.8, 4) is 5.69 Å². The van der Waals surface area contributed by atoms with E-state index in [4.69, 9.17) is 28.9 Å². The number of hydrogen-bond acceptors (Lipinski definition) is 3. The highest BCUT2D eigenvalue weighted by Gasteiger charge is 2.60. The summed E-state index contributed by atoms with van der Waals surface area (Å²) >= 11 is 11.5. The molecule has 0 fully saturated rings. The molecule has 0 radical (unpaired) electrons. The summed E-state index contributed by atoms with van der Waals surface area (Å²) in [5.41, 5.74) is -2.15. The van der Waals surface area contributed by atoms with Crippen LogP contribution in [0.25, 0.3) is 16.7 Å². The van der Waals surface area contributed by atoms with E-state index in [-0.39, 0.29) is 4.68 Å². The molecular weight excluding hydrogens is 528 g/mol. The Labute approximate surface area is 184 Å². The predicted octanol–water partition coefficient (Wildman–Crippen LogP) is 7.00. The van der Waals surface area contributed by atoms with Crippen molar-refractivity contribution < 1.29 is 48.3 Å². The average molecular weight is 533 g/mol. The lowest BCUT2D eigenvalue weighted by atomic mass is 10.1. The number of pyridine rings is 1. The van der Waals surface area contributed by atoms with Crippen molar-refractivity contribution >= 4 is 40.1 Å². The number of hydrogen-bond donors (Lipinski definition) is 1. The first-order valence-corrected chi connectivity index (χ1v) is 8.80. The van der Waals surface area contributed by atoms with Gasteiger partial charge in [0.1, 0.15) is 17.2 Å². The van der Waals surface area contributed by atoms with Crippen LogP contribution in [-0.2, 0) is 18.3 Å². The van der Waals surface area contributed by atoms with Crippen molar-refractivity contribution in [2.24, 2.45) is 0 Å². The lowest BCUT2D eigenvalue weighted by Crippen LogP contribution is -2.35. The van der Waals surface area contributed by atoms with Gasteiger partial charge in [-0.2, -0.15) is 48.3 Å². The molecule has 0 bridgehead atoms. The molecule has 0 spiro atoms. The molecule has 3 rings (SSSR count). The summed E-state index contributed by atoms with van der Waals surface area (Å²) in [4.78, 5) is 2.86. The molecule has 4 nitrogen and oxygen atoms in total. The molecule has 0 aliphatic carbocycles. The first kappa shape index (κ1) is 25.1. The molecule has 0 aliphatic rings. The third kappa shape index (κ3) is 4.23. The molecule has 2 heterocycles. The quantitative estimate of drug-likeness (QED) is 0.361. The van der Waals surface area contributed by atoms with Crippen LogP contribution < -0.4 is 5.73 Å². The zero-order chi connectivity index (χ0) is 25.3. The Kier molecular flexibility index (Phi) is 5.69. The second-order valence-corrected chi connectivity index (χ2v) is 7.22. The van der Waals surface area contributed by atoms with Crippen LogP contribution in [0.1, 0.15) is 16.8 Å². The van der Waals surface area contributed by atoms with Crippen molar-refractivity contribution in [3.63, 3.8) is 0 Å². The lowest BCUT2D eigenvalue weighted by molar-refractivity contribution is -0.291. The average Bonchev–Trinajstić information content (AvgIpc) is 2.94. The molecule has 0 amide bonds. The van der Waals surface area contributed by atoms with Gasteiger partial charge in [0.25, 0.3) is 0 Å². The molecule has 1 aromatic carbocycles. The van der Waals surface area contributed by atoms with Gasteiger partial charge in [0.05, 0.1) is 26.6 Å². The largest absolute Gasteiger partial charge is 0.459 e. The Balaban J connectivity index is 2.38. The minimum absolute atomic E-state index is 0.257. The number of aromatic nitrogens is 3. The number of halogens is 13. The van der Waals surface area contributed by atoms with Gasteiger partial charge in [0.15, 0.2) is 5.65 Å². The maximum Gasteiger partial charge on any atom is 0.459 e. The number of nitrogens with zero attached hydrogens (tertiary/aromatic N) is 3. The molecule has 2 aromatic heterocycles. The molecule has 0 saturated heterocycles. The zero-order valence-corrected chi connectivity index (χ0v) is 16.6. The van der Waals surface area contributed by atoms with Crippen LogP contribution in [0.5, 0.6) is 0 Å². The number of nitrogens with two attached hydrogens (primary N) is 1. The fraction of sp³-hybridized carbons (Fsp3) is 0.250. The predicted molar refractivity (Wildman–Crippen MR) is 93.3 cm³/mol. The number of alkyl halides is 11. The summed E-state index contributed by atoms with van der Waals surface area (Å²) in [5, 5.41) is 0.526. The highest BCUT2D eigenvalue weighted by Crippen LogP contribution is 2.47. The van der Waals surface area contributed by atoms with E-state index in [9.17, 15) is 48.3 Å². The third-order valence-electron chi connectivity index (χ3n) is 4.22. The van der Waals surface area contributed by atoms with Gasteiger partial charge in [-0.3, -0.25) is 0 Å². The SMILES string of the molecule is Nc1c2c(C(F)(F)F)cc(C(F)(F)C(F)(F)F)nc2nn1-c1c(Cl)cc(C(F)(F)F)cc1Cl. The highest BCUT2D eigenvalue weighted by atomic mass is 35.5. The summed E-state index contributed by atoms with van der Waals surface area (Å²) in [6, 6.07) is 0.111. The summed E-state index contributed by atoms with van der Waals surface area (Å²) in [5.74, 6) is -6.83. The Hall–Kier alpha value is -2.55. The first-order chi connectivity index (χ1) is 14.8. The van der Waals surface area contributed by atoms with Gasteiger partial charge in [0.2, 0.25) is 0 Å². The highest BCUT2D eigenvalue weighted by molar-refractivity contribution is 6.38. The molecule has 2 N–H and O–H groups in total. The van der Waals surface area contributed by atoms with Gasteiger partial charge in [-0.1, -0.05) is 23.2 Å². The van der Waals surface area contributed by atoms with E-state index < -0.39 is 79.9 Å². The fourth-order valence-corrected chi connectivity index (χ4v) is 3.39. The van der Waals surface area contributed by atoms with Gasteiger partial charge in [-0.25, -0.2) is 9.67 Å². The third-order valence-corrected chi connectivity index (χ3v) is 4.79. The van der Waals surface area contributed by atoms with Crippen LogP contribution in [0.4, 0.5) is 54.1 Å². The van der Waals surface area contributed by atoms with Gasteiger partial charge in [-0.05, 0) is 18.2 Å². The number of anilines is 1. The Morgan fingerprint density at radius 1 is 0.788 bits per heavy atom. The van der Waals surface area contributed by atoms with Crippen LogP contribution in [0.3, 0.4) is 0 Å². The van der Waals surface area contributed by atoms with Crippen molar-refractivity contribution in [1.82, 2.24) is 14.8 Å². The van der Waals surface area contributed by atoms with Gasteiger partial charge in [0, 0.05) is 0 Å². The molecule has 0 saturated carbocycles. The normalized spacial score (nSPS) is 13.7. The number of benzene rings is 1. The van der Waals surface area contributed by atoms with Crippen molar-refractivity contribution in [3.05, 3.63) is 45.1 Å². The molecule has 3 aromatic rings. The van der Waals surface area contributed by atoms with Crippen LogP contribution in [0.15, 0.2) is 18.2 Å². The van der Waals surface area contributed by atoms with Gasteiger partial charge >= 0.3 is 24.5 Å². The van der Waals surface area contributed by atoms with E-state index in [1.165, 1.54) is 0 Å². The van der Waals surface area contributed by atoms with E-state index in [2.05, 4.69) is 10.1 Å². The van der Waals surface area contributed by atoms with Crippen LogP contribution in [0.2, 0.25) is 10.0 Å². The monoisotopic (exact) mass is 532 g/mol. The second kappa shape index (κ2) is 7.48. The van der Waals surface area contributed by atoms with Crippen LogP contribution in [0, 0.1) is 0 Å². The Morgan fingerprint density at radius 2 is 1.30 bits per heavy atom. The summed E-state index contributed by atoms with van der Waals surface area (Å²) < 4.78 is 145. The Bertz CT molecular complexity index is 1220. The number of rotatable bonds is 2. The van der Waals surface area contributed by atoms with Gasteiger partial charge < -0.3 is 5.73 Å². The summed E-state index contributed by atoms with van der Waals surface area (Å²) in [6.45, 7) is 0. The zero-order valence-electron chi connectivity index (χ0n) is 15.1.